The number of aryl methyl sites for hydroxylation is 1. The topological polar surface area (TPSA) is 37.2 Å². The van der Waals surface area contributed by atoms with Crippen molar-refractivity contribution in [3.05, 3.63) is 48.3 Å². The largest absolute Gasteiger partial charge is 0.334 e. The van der Waals surface area contributed by atoms with Gasteiger partial charge in [-0.15, -0.1) is 0 Å². The Hall–Kier alpha value is -1.72. The lowest BCUT2D eigenvalue weighted by Crippen LogP contribution is -2.46. The van der Waals surface area contributed by atoms with Crippen LogP contribution in [0.5, 0.6) is 0 Å². The second kappa shape index (κ2) is 7.03. The number of imidazole rings is 1. The Morgan fingerprint density at radius 2 is 2.00 bits per heavy atom. The molecule has 1 fully saturated rings. The molecule has 3 rings (SSSR count). The van der Waals surface area contributed by atoms with Crippen molar-refractivity contribution < 1.29 is 0 Å². The van der Waals surface area contributed by atoms with Gasteiger partial charge in [-0.05, 0) is 25.5 Å². The maximum Gasteiger partial charge on any atom is 0.122 e. The molecule has 2 aromatic heterocycles. The van der Waals surface area contributed by atoms with Gasteiger partial charge in [0.05, 0.1) is 6.54 Å². The number of nitrogens with zero attached hydrogens (tertiary/aromatic N) is 5. The Labute approximate surface area is 132 Å². The lowest BCUT2D eigenvalue weighted by Gasteiger charge is -2.38. The summed E-state index contributed by atoms with van der Waals surface area (Å²) in [5, 5.41) is 0. The van der Waals surface area contributed by atoms with Gasteiger partial charge in [0.25, 0.3) is 0 Å². The van der Waals surface area contributed by atoms with Crippen LogP contribution in [-0.4, -0.2) is 50.5 Å². The molecule has 0 amide bonds. The average Bonchev–Trinajstić information content (AvgIpc) is 3.03. The van der Waals surface area contributed by atoms with Crippen molar-refractivity contribution in [1.29, 1.82) is 0 Å². The van der Waals surface area contributed by atoms with E-state index in [2.05, 4.69) is 50.4 Å². The van der Waals surface area contributed by atoms with E-state index in [4.69, 9.17) is 0 Å². The number of hydrogen-bond donors (Lipinski definition) is 0. The molecule has 22 heavy (non-hydrogen) atoms. The minimum atomic E-state index is 0.438. The first kappa shape index (κ1) is 15.2. The van der Waals surface area contributed by atoms with Gasteiger partial charge in [0.15, 0.2) is 0 Å². The van der Waals surface area contributed by atoms with Gasteiger partial charge < -0.3 is 4.57 Å². The van der Waals surface area contributed by atoms with Crippen LogP contribution in [0.25, 0.3) is 0 Å². The molecule has 0 saturated carbocycles. The van der Waals surface area contributed by atoms with E-state index in [1.165, 1.54) is 11.4 Å². The van der Waals surface area contributed by atoms with Crippen molar-refractivity contribution >= 4 is 0 Å². The summed E-state index contributed by atoms with van der Waals surface area (Å²) in [5.74, 6) is 1.18. The number of aromatic nitrogens is 3. The van der Waals surface area contributed by atoms with Crippen molar-refractivity contribution in [2.75, 3.05) is 26.2 Å². The van der Waals surface area contributed by atoms with Crippen LogP contribution in [0, 0.1) is 0 Å². The average molecular weight is 299 g/mol. The molecule has 1 atom stereocenters. The Morgan fingerprint density at radius 1 is 1.18 bits per heavy atom. The quantitative estimate of drug-likeness (QED) is 0.848. The molecule has 0 aliphatic carbocycles. The Balaban J connectivity index is 1.54. The van der Waals surface area contributed by atoms with Crippen molar-refractivity contribution in [3.63, 3.8) is 0 Å². The van der Waals surface area contributed by atoms with Gasteiger partial charge in [0.1, 0.15) is 5.82 Å². The summed E-state index contributed by atoms with van der Waals surface area (Å²) in [6, 6.07) is 4.63. The van der Waals surface area contributed by atoms with Gasteiger partial charge in [-0.1, -0.05) is 6.07 Å². The van der Waals surface area contributed by atoms with Crippen molar-refractivity contribution in [2.24, 2.45) is 0 Å². The van der Waals surface area contributed by atoms with Crippen LogP contribution in [0.2, 0.25) is 0 Å². The van der Waals surface area contributed by atoms with Gasteiger partial charge in [0, 0.05) is 63.6 Å². The number of rotatable bonds is 5. The maximum atomic E-state index is 4.48. The SMILES string of the molecule is CCn1ccnc1CN1CCN(C(C)c2cccnc2)CC1. The molecule has 2 aromatic rings. The monoisotopic (exact) mass is 299 g/mol. The van der Waals surface area contributed by atoms with Crippen LogP contribution >= 0.6 is 0 Å². The third-order valence-corrected chi connectivity index (χ3v) is 4.63. The van der Waals surface area contributed by atoms with Crippen LogP contribution < -0.4 is 0 Å². The molecule has 0 radical (unpaired) electrons. The summed E-state index contributed by atoms with van der Waals surface area (Å²) in [7, 11) is 0. The fourth-order valence-corrected chi connectivity index (χ4v) is 3.12. The van der Waals surface area contributed by atoms with Crippen LogP contribution in [0.4, 0.5) is 0 Å². The van der Waals surface area contributed by atoms with Crippen molar-refractivity contribution in [1.82, 2.24) is 24.3 Å². The molecule has 0 spiro atoms. The first-order valence-electron chi connectivity index (χ1n) is 8.14. The van der Waals surface area contributed by atoms with E-state index in [0.717, 1.165) is 39.3 Å². The highest BCUT2D eigenvalue weighted by Gasteiger charge is 2.22. The summed E-state index contributed by atoms with van der Waals surface area (Å²) in [6.07, 6.45) is 7.79. The van der Waals surface area contributed by atoms with Gasteiger partial charge >= 0.3 is 0 Å². The lowest BCUT2D eigenvalue weighted by atomic mass is 10.1. The summed E-state index contributed by atoms with van der Waals surface area (Å²) < 4.78 is 2.23. The molecule has 0 bridgehead atoms. The van der Waals surface area contributed by atoms with Gasteiger partial charge in [-0.2, -0.15) is 0 Å². The van der Waals surface area contributed by atoms with Crippen molar-refractivity contribution in [2.45, 2.75) is 33.0 Å². The van der Waals surface area contributed by atoms with Crippen LogP contribution in [0.15, 0.2) is 36.9 Å². The molecular formula is C17H25N5. The zero-order chi connectivity index (χ0) is 15.4. The molecule has 1 aliphatic rings. The second-order valence-electron chi connectivity index (χ2n) is 5.90. The van der Waals surface area contributed by atoms with Crippen LogP contribution in [0.3, 0.4) is 0 Å². The van der Waals surface area contributed by atoms with E-state index in [-0.39, 0.29) is 0 Å². The first-order valence-corrected chi connectivity index (χ1v) is 8.14. The zero-order valence-corrected chi connectivity index (χ0v) is 13.5. The Bertz CT molecular complexity index is 572. The summed E-state index contributed by atoms with van der Waals surface area (Å²) in [5.41, 5.74) is 1.30. The third kappa shape index (κ3) is 3.36. The fraction of sp³-hybridized carbons (Fsp3) is 0.529. The predicted octanol–water partition coefficient (Wildman–Crippen LogP) is 2.18. The van der Waals surface area contributed by atoms with E-state index in [0.29, 0.717) is 6.04 Å². The van der Waals surface area contributed by atoms with E-state index >= 15 is 0 Å². The normalized spacial score (nSPS) is 18.5. The zero-order valence-electron chi connectivity index (χ0n) is 13.5. The Morgan fingerprint density at radius 3 is 2.68 bits per heavy atom. The van der Waals surface area contributed by atoms with Gasteiger partial charge in [-0.3, -0.25) is 14.8 Å². The minimum Gasteiger partial charge on any atom is -0.334 e. The minimum absolute atomic E-state index is 0.438. The maximum absolute atomic E-state index is 4.48. The van der Waals surface area contributed by atoms with Crippen LogP contribution in [0.1, 0.15) is 31.3 Å². The summed E-state index contributed by atoms with van der Waals surface area (Å²) in [6.45, 7) is 10.8. The summed E-state index contributed by atoms with van der Waals surface area (Å²) in [4.78, 5) is 13.8. The third-order valence-electron chi connectivity index (χ3n) is 4.63. The molecule has 1 aliphatic heterocycles. The molecule has 5 nitrogen and oxygen atoms in total. The lowest BCUT2D eigenvalue weighted by molar-refractivity contribution is 0.0954. The van der Waals surface area contributed by atoms with Gasteiger partial charge in [0.2, 0.25) is 0 Å². The second-order valence-corrected chi connectivity index (χ2v) is 5.90. The smallest absolute Gasteiger partial charge is 0.122 e. The van der Waals surface area contributed by atoms with Crippen molar-refractivity contribution in [3.8, 4) is 0 Å². The molecule has 118 valence electrons. The summed E-state index contributed by atoms with van der Waals surface area (Å²) >= 11 is 0. The molecule has 5 heteroatoms. The number of hydrogen-bond acceptors (Lipinski definition) is 4. The molecule has 0 aromatic carbocycles. The molecule has 1 saturated heterocycles. The predicted molar refractivity (Wildman–Crippen MR) is 87.4 cm³/mol. The van der Waals surface area contributed by atoms with Gasteiger partial charge in [-0.25, -0.2) is 4.98 Å². The number of piperazine rings is 1. The van der Waals surface area contributed by atoms with E-state index in [1.54, 1.807) is 0 Å². The van der Waals surface area contributed by atoms with E-state index in [1.807, 2.05) is 24.7 Å². The highest BCUT2D eigenvalue weighted by Crippen LogP contribution is 2.21. The number of pyridine rings is 1. The van der Waals surface area contributed by atoms with E-state index in [9.17, 15) is 0 Å². The van der Waals surface area contributed by atoms with Crippen LogP contribution in [-0.2, 0) is 13.1 Å². The first-order chi connectivity index (χ1) is 10.8. The standard InChI is InChI=1S/C17H25N5/c1-3-21-8-7-19-17(21)14-20-9-11-22(12-10-20)15(2)16-5-4-6-18-13-16/h4-8,13,15H,3,9-12,14H2,1-2H3. The highest BCUT2D eigenvalue weighted by molar-refractivity contribution is 5.13. The molecule has 0 N–H and O–H groups in total. The van der Waals surface area contributed by atoms with E-state index < -0.39 is 0 Å². The molecular weight excluding hydrogens is 274 g/mol. The molecule has 1 unspecified atom stereocenters. The molecule has 3 heterocycles. The highest BCUT2D eigenvalue weighted by atomic mass is 15.3. The Kier molecular flexibility index (Phi) is 4.85. The fourth-order valence-electron chi connectivity index (χ4n) is 3.12.